The number of aryl methyl sites for hydroxylation is 2. The molecule has 5 rings (SSSR count). The lowest BCUT2D eigenvalue weighted by molar-refractivity contribution is -0.143. The molecule has 0 saturated heterocycles. The van der Waals surface area contributed by atoms with Crippen LogP contribution in [0.5, 0.6) is 5.75 Å². The number of alkyl halides is 2. The van der Waals surface area contributed by atoms with Crippen LogP contribution in [0.25, 0.3) is 11.4 Å². The molecule has 3 aromatic heterocycles. The van der Waals surface area contributed by atoms with Crippen LogP contribution in [0.15, 0.2) is 16.7 Å². The van der Waals surface area contributed by atoms with Crippen LogP contribution in [0.3, 0.4) is 0 Å². The average Bonchev–Trinajstić information content (AvgIpc) is 3.15. The number of ether oxygens (including phenoxy) is 1. The van der Waals surface area contributed by atoms with E-state index in [1.54, 1.807) is 17.8 Å². The first-order valence-corrected chi connectivity index (χ1v) is 11.9. The van der Waals surface area contributed by atoms with Crippen LogP contribution in [0.4, 0.5) is 14.7 Å². The van der Waals surface area contributed by atoms with Gasteiger partial charge in [0.2, 0.25) is 5.89 Å². The number of carboxylic acid groups (broad SMARTS) is 1. The molecule has 2 aliphatic carbocycles. The molecule has 192 valence electrons. The van der Waals surface area contributed by atoms with E-state index in [4.69, 9.17) is 9.26 Å². The zero-order chi connectivity index (χ0) is 25.4. The number of nitrogens with one attached hydrogen (secondary N) is 1. The van der Waals surface area contributed by atoms with E-state index in [2.05, 4.69) is 30.8 Å². The third-order valence-corrected chi connectivity index (χ3v) is 6.75. The SMILES string of the molecule is Cc1nc(-c2nnn(C)c2CNc2noc(CC3CC3(F)F)n2)ccc1O[C@H]1CCC[C@H](C(=O)O)C1. The lowest BCUT2D eigenvalue weighted by atomic mass is 9.87. The van der Waals surface area contributed by atoms with Crippen molar-refractivity contribution in [1.29, 1.82) is 0 Å². The first kappa shape index (κ1) is 24.1. The van der Waals surface area contributed by atoms with E-state index >= 15 is 0 Å². The zero-order valence-electron chi connectivity index (χ0n) is 19.9. The molecule has 0 bridgehead atoms. The third kappa shape index (κ3) is 5.14. The largest absolute Gasteiger partial charge is 0.489 e. The Morgan fingerprint density at radius 3 is 2.86 bits per heavy atom. The van der Waals surface area contributed by atoms with Crippen LogP contribution in [0.1, 0.15) is 49.4 Å². The summed E-state index contributed by atoms with van der Waals surface area (Å²) >= 11 is 0. The minimum absolute atomic E-state index is 0.0512. The Hall–Kier alpha value is -3.64. The Morgan fingerprint density at radius 2 is 2.14 bits per heavy atom. The van der Waals surface area contributed by atoms with E-state index in [1.165, 1.54) is 0 Å². The minimum atomic E-state index is -2.64. The van der Waals surface area contributed by atoms with Crippen LogP contribution in [-0.2, 0) is 24.8 Å². The van der Waals surface area contributed by atoms with Crippen molar-refractivity contribution in [1.82, 2.24) is 30.1 Å². The fraction of sp³-hybridized carbons (Fsp3) is 0.565. The van der Waals surface area contributed by atoms with Crippen molar-refractivity contribution in [3.8, 4) is 17.1 Å². The average molecular weight is 504 g/mol. The molecular weight excluding hydrogens is 476 g/mol. The van der Waals surface area contributed by atoms with Gasteiger partial charge in [0, 0.05) is 25.8 Å². The van der Waals surface area contributed by atoms with Gasteiger partial charge in [-0.1, -0.05) is 5.21 Å². The predicted octanol–water partition coefficient (Wildman–Crippen LogP) is 3.40. The van der Waals surface area contributed by atoms with Gasteiger partial charge in [0.25, 0.3) is 11.9 Å². The van der Waals surface area contributed by atoms with E-state index in [0.29, 0.717) is 41.4 Å². The van der Waals surface area contributed by atoms with Gasteiger partial charge in [-0.25, -0.2) is 18.4 Å². The summed E-state index contributed by atoms with van der Waals surface area (Å²) in [6.45, 7) is 2.09. The molecule has 13 heteroatoms. The Labute approximate surface area is 205 Å². The second kappa shape index (κ2) is 9.43. The highest BCUT2D eigenvalue weighted by Gasteiger charge is 2.57. The van der Waals surface area contributed by atoms with Gasteiger partial charge < -0.3 is 19.7 Å². The summed E-state index contributed by atoms with van der Waals surface area (Å²) in [6, 6.07) is 3.60. The molecule has 11 nitrogen and oxygen atoms in total. The Bertz CT molecular complexity index is 1260. The quantitative estimate of drug-likeness (QED) is 0.446. The van der Waals surface area contributed by atoms with Gasteiger partial charge in [0.05, 0.1) is 35.6 Å². The number of carbonyl (C=O) groups is 1. The standard InChI is InChI=1S/C23H27F2N7O4/c1-12-18(35-15-5-3-4-13(8-15)21(33)34)7-6-16(27-12)20-17(32(2)31-29-20)11-26-22-28-19(36-30-22)9-14-10-23(14,24)25/h6-7,13-15H,3-5,8-11H2,1-2H3,(H,26,30)(H,33,34)/t13-,14?,15-/m0/s1. The number of pyridine rings is 1. The summed E-state index contributed by atoms with van der Waals surface area (Å²) in [5, 5.41) is 24.5. The maximum Gasteiger partial charge on any atom is 0.306 e. The highest BCUT2D eigenvalue weighted by atomic mass is 19.3. The maximum atomic E-state index is 13.1. The third-order valence-electron chi connectivity index (χ3n) is 6.75. The molecular formula is C23H27F2N7O4. The topological polar surface area (TPSA) is 141 Å². The van der Waals surface area contributed by atoms with Crippen molar-refractivity contribution in [2.75, 3.05) is 5.32 Å². The highest BCUT2D eigenvalue weighted by Crippen LogP contribution is 2.50. The van der Waals surface area contributed by atoms with Crippen molar-refractivity contribution in [3.05, 3.63) is 29.4 Å². The first-order chi connectivity index (χ1) is 17.2. The molecule has 2 fully saturated rings. The number of rotatable bonds is 9. The number of aromatic nitrogens is 6. The van der Waals surface area contributed by atoms with Crippen LogP contribution in [0, 0.1) is 18.8 Å². The van der Waals surface area contributed by atoms with Gasteiger partial charge in [-0.2, -0.15) is 4.98 Å². The number of carboxylic acids is 1. The Morgan fingerprint density at radius 1 is 1.33 bits per heavy atom. The second-order valence-electron chi connectivity index (χ2n) is 9.46. The van der Waals surface area contributed by atoms with Gasteiger partial charge in [0.1, 0.15) is 11.4 Å². The number of anilines is 1. The van der Waals surface area contributed by atoms with E-state index < -0.39 is 17.8 Å². The molecule has 0 aliphatic heterocycles. The molecule has 2 saturated carbocycles. The summed E-state index contributed by atoms with van der Waals surface area (Å²) in [4.78, 5) is 20.1. The first-order valence-electron chi connectivity index (χ1n) is 11.9. The normalized spacial score (nSPS) is 22.8. The number of hydrogen-bond acceptors (Lipinski definition) is 9. The summed E-state index contributed by atoms with van der Waals surface area (Å²) in [6.07, 6.45) is 2.53. The van der Waals surface area contributed by atoms with Crippen molar-refractivity contribution in [2.45, 2.75) is 64.0 Å². The van der Waals surface area contributed by atoms with Gasteiger partial charge in [-0.05, 0) is 49.9 Å². The molecule has 36 heavy (non-hydrogen) atoms. The van der Waals surface area contributed by atoms with Crippen molar-refractivity contribution in [2.24, 2.45) is 18.9 Å². The van der Waals surface area contributed by atoms with Crippen LogP contribution in [0.2, 0.25) is 0 Å². The van der Waals surface area contributed by atoms with Crippen molar-refractivity contribution in [3.63, 3.8) is 0 Å². The zero-order valence-corrected chi connectivity index (χ0v) is 19.9. The molecule has 0 spiro atoms. The molecule has 3 atom stereocenters. The van der Waals surface area contributed by atoms with Gasteiger partial charge in [-0.3, -0.25) is 4.79 Å². The van der Waals surface area contributed by atoms with Crippen molar-refractivity contribution >= 4 is 11.9 Å². The monoisotopic (exact) mass is 503 g/mol. The summed E-state index contributed by atoms with van der Waals surface area (Å²) in [5.74, 6) is -3.56. The fourth-order valence-electron chi connectivity index (χ4n) is 4.51. The molecule has 3 heterocycles. The van der Waals surface area contributed by atoms with Crippen molar-refractivity contribution < 1.29 is 27.9 Å². The Kier molecular flexibility index (Phi) is 6.31. The molecule has 3 aromatic rings. The van der Waals surface area contributed by atoms with Gasteiger partial charge >= 0.3 is 5.97 Å². The lowest BCUT2D eigenvalue weighted by Gasteiger charge is -2.27. The fourth-order valence-corrected chi connectivity index (χ4v) is 4.51. The van der Waals surface area contributed by atoms with E-state index in [-0.39, 0.29) is 43.2 Å². The molecule has 0 aromatic carbocycles. The summed E-state index contributed by atoms with van der Waals surface area (Å²) in [7, 11) is 1.75. The van der Waals surface area contributed by atoms with E-state index in [0.717, 1.165) is 12.8 Å². The molecule has 2 N–H and O–H groups in total. The minimum Gasteiger partial charge on any atom is -0.489 e. The van der Waals surface area contributed by atoms with Crippen LogP contribution >= 0.6 is 0 Å². The molecule has 0 amide bonds. The highest BCUT2D eigenvalue weighted by molar-refractivity contribution is 5.70. The number of hydrogen-bond donors (Lipinski definition) is 2. The number of aliphatic carboxylic acids is 1. The Balaban J connectivity index is 1.24. The smallest absolute Gasteiger partial charge is 0.306 e. The predicted molar refractivity (Wildman–Crippen MR) is 121 cm³/mol. The number of nitrogens with zero attached hydrogens (tertiary/aromatic N) is 6. The summed E-state index contributed by atoms with van der Waals surface area (Å²) < 4.78 is 39.0. The van der Waals surface area contributed by atoms with Gasteiger partial charge in [0.15, 0.2) is 0 Å². The van der Waals surface area contributed by atoms with Gasteiger partial charge in [-0.15, -0.1) is 5.10 Å². The van der Waals surface area contributed by atoms with E-state index in [1.807, 2.05) is 13.0 Å². The molecule has 1 unspecified atom stereocenters. The van der Waals surface area contributed by atoms with Crippen LogP contribution in [-0.4, -0.2) is 53.2 Å². The van der Waals surface area contributed by atoms with Crippen LogP contribution < -0.4 is 10.1 Å². The molecule has 0 radical (unpaired) electrons. The molecule has 2 aliphatic rings. The number of halogens is 2. The second-order valence-corrected chi connectivity index (χ2v) is 9.46. The lowest BCUT2D eigenvalue weighted by Crippen LogP contribution is -2.29. The maximum absolute atomic E-state index is 13.1. The van der Waals surface area contributed by atoms with E-state index in [9.17, 15) is 18.7 Å². The summed E-state index contributed by atoms with van der Waals surface area (Å²) in [5.41, 5.74) is 2.53.